The number of aromatic amines is 1. The normalized spacial score (nSPS) is 16.6. The van der Waals surface area contributed by atoms with Gasteiger partial charge in [0.05, 0.1) is 5.39 Å². The predicted molar refractivity (Wildman–Crippen MR) is 80.2 cm³/mol. The minimum atomic E-state index is 0. The van der Waals surface area contributed by atoms with Gasteiger partial charge < -0.3 is 15.2 Å². The largest absolute Gasteiger partial charge is 0.356 e. The number of hydrogen-bond donors (Lipinski definition) is 2. The van der Waals surface area contributed by atoms with Crippen LogP contribution in [0.3, 0.4) is 0 Å². The maximum absolute atomic E-state index is 4.49. The van der Waals surface area contributed by atoms with Crippen molar-refractivity contribution in [1.29, 1.82) is 0 Å². The molecule has 1 saturated heterocycles. The summed E-state index contributed by atoms with van der Waals surface area (Å²) < 4.78 is 0. The molecule has 1 aliphatic rings. The molecule has 1 fully saturated rings. The molecule has 2 aromatic heterocycles. The number of H-pyrrole nitrogens is 1. The van der Waals surface area contributed by atoms with Crippen molar-refractivity contribution >= 4 is 29.3 Å². The Morgan fingerprint density at radius 1 is 1.32 bits per heavy atom. The van der Waals surface area contributed by atoms with Crippen molar-refractivity contribution in [2.45, 2.75) is 25.8 Å². The zero-order chi connectivity index (χ0) is 12.5. The maximum Gasteiger partial charge on any atom is 0.143 e. The Balaban J connectivity index is 0.00000133. The second kappa shape index (κ2) is 5.75. The molecule has 0 spiro atoms. The number of aromatic nitrogens is 3. The second-order valence-electron chi connectivity index (χ2n) is 4.94. The molecule has 0 aromatic carbocycles. The Labute approximate surface area is 119 Å². The Hall–Kier alpha value is -1.33. The molecule has 104 valence electrons. The van der Waals surface area contributed by atoms with Gasteiger partial charge in [0.15, 0.2) is 0 Å². The van der Waals surface area contributed by atoms with Crippen LogP contribution < -0.4 is 10.2 Å². The van der Waals surface area contributed by atoms with Gasteiger partial charge in [0.25, 0.3) is 0 Å². The minimum absolute atomic E-state index is 0. The maximum atomic E-state index is 4.49. The van der Waals surface area contributed by atoms with E-state index in [9.17, 15) is 0 Å². The smallest absolute Gasteiger partial charge is 0.143 e. The van der Waals surface area contributed by atoms with E-state index in [2.05, 4.69) is 32.1 Å². The lowest BCUT2D eigenvalue weighted by Gasteiger charge is -2.32. The van der Waals surface area contributed by atoms with Crippen LogP contribution in [0.4, 0.5) is 5.82 Å². The predicted octanol–water partition coefficient (Wildman–Crippen LogP) is 1.88. The fraction of sp³-hybridized carbons (Fsp3) is 0.538. The van der Waals surface area contributed by atoms with E-state index in [1.807, 2.05) is 13.2 Å². The van der Waals surface area contributed by atoms with Crippen molar-refractivity contribution in [3.63, 3.8) is 0 Å². The third-order valence-electron chi connectivity index (χ3n) is 3.85. The summed E-state index contributed by atoms with van der Waals surface area (Å²) in [5.41, 5.74) is 2.16. The Kier molecular flexibility index (Phi) is 4.27. The van der Waals surface area contributed by atoms with E-state index in [1.54, 1.807) is 6.33 Å². The molecule has 0 amide bonds. The molecule has 19 heavy (non-hydrogen) atoms. The zero-order valence-electron chi connectivity index (χ0n) is 11.3. The van der Waals surface area contributed by atoms with Crippen molar-refractivity contribution < 1.29 is 0 Å². The molecule has 0 saturated carbocycles. The van der Waals surface area contributed by atoms with Gasteiger partial charge in [-0.05, 0) is 32.4 Å². The SMILES string of the molecule is CNC1CCN(c2ncnc3[nH]cc(C)c23)CC1.Cl. The lowest BCUT2D eigenvalue weighted by molar-refractivity contribution is 0.441. The summed E-state index contributed by atoms with van der Waals surface area (Å²) in [5.74, 6) is 1.08. The third-order valence-corrected chi connectivity index (χ3v) is 3.85. The highest BCUT2D eigenvalue weighted by atomic mass is 35.5. The van der Waals surface area contributed by atoms with Crippen LogP contribution in [-0.4, -0.2) is 41.1 Å². The molecule has 0 unspecified atom stereocenters. The average Bonchev–Trinajstić information content (AvgIpc) is 2.81. The van der Waals surface area contributed by atoms with Gasteiger partial charge in [-0.3, -0.25) is 0 Å². The molecule has 6 heteroatoms. The van der Waals surface area contributed by atoms with Crippen LogP contribution in [0.5, 0.6) is 0 Å². The van der Waals surface area contributed by atoms with Gasteiger partial charge in [-0.15, -0.1) is 12.4 Å². The van der Waals surface area contributed by atoms with Crippen LogP contribution in [0.15, 0.2) is 12.5 Å². The lowest BCUT2D eigenvalue weighted by atomic mass is 10.0. The van der Waals surface area contributed by atoms with E-state index in [4.69, 9.17) is 0 Å². The molecule has 1 aliphatic heterocycles. The van der Waals surface area contributed by atoms with Gasteiger partial charge in [0.1, 0.15) is 17.8 Å². The summed E-state index contributed by atoms with van der Waals surface area (Å²) >= 11 is 0. The first kappa shape index (κ1) is 14.1. The van der Waals surface area contributed by atoms with Crippen LogP contribution in [0.1, 0.15) is 18.4 Å². The monoisotopic (exact) mass is 281 g/mol. The van der Waals surface area contributed by atoms with Crippen LogP contribution in [-0.2, 0) is 0 Å². The van der Waals surface area contributed by atoms with Crippen molar-refractivity contribution in [3.05, 3.63) is 18.1 Å². The van der Waals surface area contributed by atoms with E-state index in [0.29, 0.717) is 6.04 Å². The summed E-state index contributed by atoms with van der Waals surface area (Å²) in [4.78, 5) is 14.3. The van der Waals surface area contributed by atoms with Crippen LogP contribution >= 0.6 is 12.4 Å². The Morgan fingerprint density at radius 3 is 2.74 bits per heavy atom. The van der Waals surface area contributed by atoms with Crippen molar-refractivity contribution in [3.8, 4) is 0 Å². The standard InChI is InChI=1S/C13H19N5.ClH/c1-9-7-15-12-11(9)13(17-8-16-12)18-5-3-10(14-2)4-6-18;/h7-8,10,14H,3-6H2,1-2H3,(H,15,16,17);1H. The number of anilines is 1. The molecular weight excluding hydrogens is 262 g/mol. The second-order valence-corrected chi connectivity index (χ2v) is 4.94. The highest BCUT2D eigenvalue weighted by molar-refractivity contribution is 5.90. The van der Waals surface area contributed by atoms with E-state index in [0.717, 1.165) is 24.6 Å². The molecule has 2 aromatic rings. The minimum Gasteiger partial charge on any atom is -0.356 e. The number of halogens is 1. The first-order valence-corrected chi connectivity index (χ1v) is 6.50. The van der Waals surface area contributed by atoms with Crippen molar-refractivity contribution in [2.24, 2.45) is 0 Å². The molecule has 5 nitrogen and oxygen atoms in total. The molecule has 0 aliphatic carbocycles. The van der Waals surface area contributed by atoms with E-state index in [-0.39, 0.29) is 12.4 Å². The number of aryl methyl sites for hydroxylation is 1. The van der Waals surface area contributed by atoms with E-state index >= 15 is 0 Å². The Morgan fingerprint density at radius 2 is 2.05 bits per heavy atom. The van der Waals surface area contributed by atoms with Gasteiger partial charge >= 0.3 is 0 Å². The fourth-order valence-electron chi connectivity index (χ4n) is 2.72. The number of fused-ring (bicyclic) bond motifs is 1. The fourth-order valence-corrected chi connectivity index (χ4v) is 2.72. The highest BCUT2D eigenvalue weighted by Gasteiger charge is 2.21. The van der Waals surface area contributed by atoms with E-state index in [1.165, 1.54) is 23.8 Å². The van der Waals surface area contributed by atoms with Gasteiger partial charge in [0.2, 0.25) is 0 Å². The van der Waals surface area contributed by atoms with Gasteiger partial charge in [-0.25, -0.2) is 9.97 Å². The molecular formula is C13H20ClN5. The number of nitrogens with one attached hydrogen (secondary N) is 2. The van der Waals surface area contributed by atoms with Gasteiger partial charge in [0, 0.05) is 25.3 Å². The average molecular weight is 282 g/mol. The number of hydrogen-bond acceptors (Lipinski definition) is 4. The molecule has 0 bridgehead atoms. The van der Waals surface area contributed by atoms with Crippen LogP contribution in [0.2, 0.25) is 0 Å². The number of nitrogens with zero attached hydrogens (tertiary/aromatic N) is 3. The summed E-state index contributed by atoms with van der Waals surface area (Å²) in [7, 11) is 2.04. The van der Waals surface area contributed by atoms with Crippen LogP contribution in [0, 0.1) is 6.92 Å². The van der Waals surface area contributed by atoms with Gasteiger partial charge in [-0.2, -0.15) is 0 Å². The highest BCUT2D eigenvalue weighted by Crippen LogP contribution is 2.27. The summed E-state index contributed by atoms with van der Waals surface area (Å²) in [6, 6.07) is 0.644. The Bertz CT molecular complexity index is 545. The lowest BCUT2D eigenvalue weighted by Crippen LogP contribution is -2.41. The summed E-state index contributed by atoms with van der Waals surface area (Å²) in [5, 5.41) is 4.52. The summed E-state index contributed by atoms with van der Waals surface area (Å²) in [6.45, 7) is 4.22. The third kappa shape index (κ3) is 2.53. The van der Waals surface area contributed by atoms with Crippen LogP contribution in [0.25, 0.3) is 11.0 Å². The molecule has 3 heterocycles. The zero-order valence-corrected chi connectivity index (χ0v) is 12.1. The summed E-state index contributed by atoms with van der Waals surface area (Å²) in [6.07, 6.45) is 6.00. The molecule has 2 N–H and O–H groups in total. The van der Waals surface area contributed by atoms with Gasteiger partial charge in [-0.1, -0.05) is 0 Å². The topological polar surface area (TPSA) is 56.8 Å². The first-order valence-electron chi connectivity index (χ1n) is 6.50. The molecule has 3 rings (SSSR count). The molecule has 0 radical (unpaired) electrons. The quantitative estimate of drug-likeness (QED) is 0.882. The molecule has 0 atom stereocenters. The first-order chi connectivity index (χ1) is 8.79. The van der Waals surface area contributed by atoms with Crippen molar-refractivity contribution in [1.82, 2.24) is 20.3 Å². The number of piperidine rings is 1. The van der Waals surface area contributed by atoms with Crippen molar-refractivity contribution in [2.75, 3.05) is 25.0 Å². The number of rotatable bonds is 2. The van der Waals surface area contributed by atoms with E-state index < -0.39 is 0 Å².